The molecule has 1 aromatic heterocycles. The lowest BCUT2D eigenvalue weighted by Gasteiger charge is -2.07. The van der Waals surface area contributed by atoms with Gasteiger partial charge in [0, 0.05) is 6.61 Å². The summed E-state index contributed by atoms with van der Waals surface area (Å²) in [6.45, 7) is 5.13. The van der Waals surface area contributed by atoms with E-state index in [9.17, 15) is 0 Å². The summed E-state index contributed by atoms with van der Waals surface area (Å²) in [5.74, 6) is 1.28. The Morgan fingerprint density at radius 3 is 2.82 bits per heavy atom. The van der Waals surface area contributed by atoms with Crippen molar-refractivity contribution in [2.45, 2.75) is 38.7 Å². The van der Waals surface area contributed by atoms with Gasteiger partial charge in [-0.2, -0.15) is 14.9 Å². The second-order valence-electron chi connectivity index (χ2n) is 5.77. The van der Waals surface area contributed by atoms with Gasteiger partial charge in [-0.3, -0.25) is 5.10 Å². The van der Waals surface area contributed by atoms with Crippen LogP contribution >= 0.6 is 12.2 Å². The third-order valence-electron chi connectivity index (χ3n) is 3.82. The summed E-state index contributed by atoms with van der Waals surface area (Å²) in [6.07, 6.45) is 3.78. The Morgan fingerprint density at radius 1 is 1.41 bits per heavy atom. The summed E-state index contributed by atoms with van der Waals surface area (Å²) < 4.78 is 7.80. The van der Waals surface area contributed by atoms with Crippen molar-refractivity contribution in [2.75, 3.05) is 6.61 Å². The van der Waals surface area contributed by atoms with Crippen LogP contribution in [0.5, 0.6) is 0 Å². The third kappa shape index (κ3) is 3.18. The standard InChI is InChI=1S/C16H20N4OS/c1-11(2)13-7-5-12(6-8-13)10-17-20-15(18-19-16(20)22)14-4-3-9-21-14/h5-8,10-11,14H,3-4,9H2,1-2H3,(H,19,22)/b17-10-/t14-/m1/s1. The van der Waals surface area contributed by atoms with Crippen molar-refractivity contribution in [2.24, 2.45) is 5.10 Å². The molecule has 1 N–H and O–H groups in total. The highest BCUT2D eigenvalue weighted by Crippen LogP contribution is 2.26. The summed E-state index contributed by atoms with van der Waals surface area (Å²) in [5, 5.41) is 11.5. The van der Waals surface area contributed by atoms with Gasteiger partial charge in [0.05, 0.1) is 6.21 Å². The van der Waals surface area contributed by atoms with E-state index in [-0.39, 0.29) is 6.10 Å². The molecule has 2 heterocycles. The quantitative estimate of drug-likeness (QED) is 0.689. The predicted octanol–water partition coefficient (Wildman–Crippen LogP) is 3.80. The molecule has 0 unspecified atom stereocenters. The molecule has 2 aromatic rings. The average Bonchev–Trinajstić information content (AvgIpc) is 3.15. The molecule has 6 heteroatoms. The number of nitrogens with one attached hydrogen (secondary N) is 1. The molecule has 1 atom stereocenters. The minimum absolute atomic E-state index is 0.0200. The number of benzene rings is 1. The molecule has 1 saturated heterocycles. The van der Waals surface area contributed by atoms with Crippen LogP contribution in [0.4, 0.5) is 0 Å². The van der Waals surface area contributed by atoms with Crippen molar-refractivity contribution in [3.05, 3.63) is 46.0 Å². The largest absolute Gasteiger partial charge is 0.370 e. The lowest BCUT2D eigenvalue weighted by atomic mass is 10.0. The summed E-state index contributed by atoms with van der Waals surface area (Å²) in [7, 11) is 0. The lowest BCUT2D eigenvalue weighted by molar-refractivity contribution is 0.102. The van der Waals surface area contributed by atoms with Gasteiger partial charge in [-0.05, 0) is 42.1 Å². The molecule has 3 rings (SSSR count). The Labute approximate surface area is 135 Å². The zero-order valence-corrected chi connectivity index (χ0v) is 13.6. The van der Waals surface area contributed by atoms with Crippen LogP contribution in [0.3, 0.4) is 0 Å². The van der Waals surface area contributed by atoms with Gasteiger partial charge in [0.15, 0.2) is 5.82 Å². The van der Waals surface area contributed by atoms with Gasteiger partial charge in [-0.15, -0.1) is 0 Å². The zero-order chi connectivity index (χ0) is 15.5. The van der Waals surface area contributed by atoms with E-state index in [2.05, 4.69) is 53.4 Å². The number of rotatable bonds is 4. The van der Waals surface area contributed by atoms with Crippen molar-refractivity contribution < 1.29 is 4.74 Å². The molecule has 0 radical (unpaired) electrons. The van der Waals surface area contributed by atoms with Gasteiger partial charge in [0.2, 0.25) is 4.77 Å². The van der Waals surface area contributed by atoms with Gasteiger partial charge in [-0.25, -0.2) is 0 Å². The van der Waals surface area contributed by atoms with Crippen LogP contribution < -0.4 is 0 Å². The number of aromatic nitrogens is 3. The molecule has 0 bridgehead atoms. The highest BCUT2D eigenvalue weighted by Gasteiger charge is 2.23. The maximum atomic E-state index is 5.66. The fourth-order valence-electron chi connectivity index (χ4n) is 2.50. The highest BCUT2D eigenvalue weighted by atomic mass is 32.1. The maximum absolute atomic E-state index is 5.66. The van der Waals surface area contributed by atoms with Gasteiger partial charge < -0.3 is 4.74 Å². The van der Waals surface area contributed by atoms with Crippen molar-refractivity contribution in [1.82, 2.24) is 14.9 Å². The average molecular weight is 316 g/mol. The Bertz CT molecular complexity index is 708. The van der Waals surface area contributed by atoms with Crippen LogP contribution in [-0.4, -0.2) is 27.7 Å². The number of hydrogen-bond donors (Lipinski definition) is 1. The second-order valence-corrected chi connectivity index (χ2v) is 6.15. The molecule has 0 saturated carbocycles. The van der Waals surface area contributed by atoms with Gasteiger partial charge in [0.25, 0.3) is 0 Å². The SMILES string of the molecule is CC(C)c1ccc(/C=N\n2c([C@H]3CCCO3)n[nH]c2=S)cc1. The molecular formula is C16H20N4OS. The monoisotopic (exact) mass is 316 g/mol. The second kappa shape index (κ2) is 6.54. The predicted molar refractivity (Wildman–Crippen MR) is 88.9 cm³/mol. The summed E-state index contributed by atoms with van der Waals surface area (Å²) >= 11 is 5.25. The topological polar surface area (TPSA) is 55.2 Å². The molecule has 0 aliphatic carbocycles. The molecule has 116 valence electrons. The van der Waals surface area contributed by atoms with Crippen LogP contribution in [0.25, 0.3) is 0 Å². The number of H-pyrrole nitrogens is 1. The molecule has 1 aromatic carbocycles. The highest BCUT2D eigenvalue weighted by molar-refractivity contribution is 7.71. The fraction of sp³-hybridized carbons (Fsp3) is 0.438. The molecule has 1 aliphatic rings. The first-order valence-electron chi connectivity index (χ1n) is 7.58. The fourth-order valence-corrected chi connectivity index (χ4v) is 2.68. The maximum Gasteiger partial charge on any atom is 0.216 e. The first-order chi connectivity index (χ1) is 10.6. The van der Waals surface area contributed by atoms with Gasteiger partial charge in [0.1, 0.15) is 6.10 Å². The summed E-state index contributed by atoms with van der Waals surface area (Å²) in [5.41, 5.74) is 2.35. The third-order valence-corrected chi connectivity index (χ3v) is 4.08. The molecule has 22 heavy (non-hydrogen) atoms. The van der Waals surface area contributed by atoms with Crippen LogP contribution in [0.15, 0.2) is 29.4 Å². The number of hydrogen-bond acceptors (Lipinski definition) is 4. The van der Waals surface area contributed by atoms with E-state index in [1.165, 1.54) is 5.56 Å². The van der Waals surface area contributed by atoms with Crippen LogP contribution in [-0.2, 0) is 4.74 Å². The lowest BCUT2D eigenvalue weighted by Crippen LogP contribution is -2.05. The van der Waals surface area contributed by atoms with Crippen LogP contribution in [0.2, 0.25) is 0 Å². The Balaban J connectivity index is 1.83. The van der Waals surface area contributed by atoms with E-state index >= 15 is 0 Å². The first kappa shape index (κ1) is 15.1. The van der Waals surface area contributed by atoms with E-state index in [1.54, 1.807) is 10.9 Å². The van der Waals surface area contributed by atoms with Crippen LogP contribution in [0, 0.1) is 4.77 Å². The smallest absolute Gasteiger partial charge is 0.216 e. The molecular weight excluding hydrogens is 296 g/mol. The zero-order valence-electron chi connectivity index (χ0n) is 12.8. The van der Waals surface area contributed by atoms with E-state index in [4.69, 9.17) is 17.0 Å². The minimum atomic E-state index is -0.0200. The van der Waals surface area contributed by atoms with Gasteiger partial charge >= 0.3 is 0 Å². The molecule has 5 nitrogen and oxygen atoms in total. The Kier molecular flexibility index (Phi) is 4.49. The number of ether oxygens (including phenoxy) is 1. The molecule has 1 aliphatic heterocycles. The first-order valence-corrected chi connectivity index (χ1v) is 7.99. The van der Waals surface area contributed by atoms with Gasteiger partial charge in [-0.1, -0.05) is 38.1 Å². The number of aromatic amines is 1. The van der Waals surface area contributed by atoms with E-state index in [0.29, 0.717) is 10.7 Å². The van der Waals surface area contributed by atoms with E-state index < -0.39 is 0 Å². The van der Waals surface area contributed by atoms with Crippen molar-refractivity contribution in [3.8, 4) is 0 Å². The van der Waals surface area contributed by atoms with E-state index in [1.807, 2.05) is 0 Å². The van der Waals surface area contributed by atoms with Crippen LogP contribution in [0.1, 0.15) is 55.7 Å². The summed E-state index contributed by atoms with van der Waals surface area (Å²) in [4.78, 5) is 0. The Hall–Kier alpha value is -1.79. The van der Waals surface area contributed by atoms with Crippen molar-refractivity contribution >= 4 is 18.4 Å². The molecule has 0 spiro atoms. The normalized spacial score (nSPS) is 18.6. The van der Waals surface area contributed by atoms with Crippen molar-refractivity contribution in [1.29, 1.82) is 0 Å². The number of nitrogens with zero attached hydrogens (tertiary/aromatic N) is 3. The van der Waals surface area contributed by atoms with E-state index in [0.717, 1.165) is 30.8 Å². The molecule has 0 amide bonds. The molecule has 1 fully saturated rings. The van der Waals surface area contributed by atoms with Crippen molar-refractivity contribution in [3.63, 3.8) is 0 Å². The summed E-state index contributed by atoms with van der Waals surface area (Å²) in [6, 6.07) is 8.38. The minimum Gasteiger partial charge on any atom is -0.370 e. The Morgan fingerprint density at radius 2 is 2.18 bits per heavy atom.